The summed E-state index contributed by atoms with van der Waals surface area (Å²) < 4.78 is 1.34. The monoisotopic (exact) mass is 382 g/mol. The molecule has 0 fully saturated rings. The van der Waals surface area contributed by atoms with Gasteiger partial charge in [-0.15, -0.1) is 0 Å². The Morgan fingerprint density at radius 3 is 2.19 bits per heavy atom. The molecule has 1 atom stereocenters. The number of hydrogen-bond acceptors (Lipinski definition) is 0. The van der Waals surface area contributed by atoms with Gasteiger partial charge in [-0.1, -0.05) is 66.7 Å². The van der Waals surface area contributed by atoms with Gasteiger partial charge in [0.2, 0.25) is 0 Å². The molecule has 1 unspecified atom stereocenters. The summed E-state index contributed by atoms with van der Waals surface area (Å²) in [4.78, 5) is 0. The average molecular weight is 382 g/mol. The van der Waals surface area contributed by atoms with Gasteiger partial charge in [-0.25, -0.2) is 0 Å². The van der Waals surface area contributed by atoms with Crippen LogP contribution in [0.1, 0.15) is 23.6 Å². The van der Waals surface area contributed by atoms with E-state index in [0.717, 1.165) is 0 Å². The maximum atomic E-state index is 2.48. The summed E-state index contributed by atoms with van der Waals surface area (Å²) in [6, 6.07) is 26.3. The molecule has 0 radical (unpaired) electrons. The maximum Gasteiger partial charge on any atom is 0.0446 e. The van der Waals surface area contributed by atoms with Crippen molar-refractivity contribution in [1.29, 1.82) is 0 Å². The maximum absolute atomic E-state index is 2.48. The molecule has 0 saturated heterocycles. The van der Waals surface area contributed by atoms with E-state index in [2.05, 4.69) is 102 Å². The first-order valence-electron chi connectivity index (χ1n) is 7.17. The second-order valence-corrected chi connectivity index (χ2v) is 6.86. The van der Waals surface area contributed by atoms with Crippen LogP contribution >= 0.6 is 22.6 Å². The Hall–Kier alpha value is -1.61. The largest absolute Gasteiger partial charge is 0.0622 e. The molecular formula is C20H15I. The fraction of sp³-hybridized carbons (Fsp3) is 0.100. The predicted octanol–water partition coefficient (Wildman–Crippen LogP) is 5.63. The van der Waals surface area contributed by atoms with Crippen LogP contribution in [0.4, 0.5) is 0 Å². The van der Waals surface area contributed by atoms with E-state index in [1.54, 1.807) is 0 Å². The Morgan fingerprint density at radius 1 is 0.714 bits per heavy atom. The van der Waals surface area contributed by atoms with Crippen molar-refractivity contribution in [3.63, 3.8) is 0 Å². The van der Waals surface area contributed by atoms with E-state index in [9.17, 15) is 0 Å². The van der Waals surface area contributed by atoms with Gasteiger partial charge in [0, 0.05) is 8.99 Å². The smallest absolute Gasteiger partial charge is 0.0446 e. The molecular weight excluding hydrogens is 367 g/mol. The van der Waals surface area contributed by atoms with Gasteiger partial charge >= 0.3 is 0 Å². The molecule has 1 heteroatoms. The highest BCUT2D eigenvalue weighted by atomic mass is 127. The summed E-state index contributed by atoms with van der Waals surface area (Å²) in [6.07, 6.45) is 0. The summed E-state index contributed by atoms with van der Waals surface area (Å²) in [5.41, 5.74) is 6.90. The van der Waals surface area contributed by atoms with Crippen LogP contribution in [0, 0.1) is 3.57 Å². The van der Waals surface area contributed by atoms with Crippen LogP contribution in [0.2, 0.25) is 0 Å². The molecule has 0 aliphatic heterocycles. The second kappa shape index (κ2) is 4.70. The fourth-order valence-corrected chi connectivity index (χ4v) is 4.65. The summed E-state index contributed by atoms with van der Waals surface area (Å²) in [5, 5.41) is 0. The zero-order valence-corrected chi connectivity index (χ0v) is 14.0. The van der Waals surface area contributed by atoms with Gasteiger partial charge in [0.15, 0.2) is 0 Å². The Balaban J connectivity index is 2.13. The lowest BCUT2D eigenvalue weighted by Crippen LogP contribution is -2.23. The van der Waals surface area contributed by atoms with Crippen molar-refractivity contribution >= 4 is 22.6 Å². The topological polar surface area (TPSA) is 0 Å². The second-order valence-electron chi connectivity index (χ2n) is 5.70. The van der Waals surface area contributed by atoms with E-state index in [4.69, 9.17) is 0 Å². The zero-order chi connectivity index (χ0) is 14.4. The Labute approximate surface area is 139 Å². The first-order chi connectivity index (χ1) is 10.2. The predicted molar refractivity (Wildman–Crippen MR) is 96.6 cm³/mol. The highest BCUT2D eigenvalue weighted by molar-refractivity contribution is 14.1. The Bertz CT molecular complexity index is 820. The molecule has 3 aromatic rings. The minimum Gasteiger partial charge on any atom is -0.0622 e. The molecule has 21 heavy (non-hydrogen) atoms. The lowest BCUT2D eigenvalue weighted by atomic mass is 9.74. The third-order valence-corrected chi connectivity index (χ3v) is 5.52. The molecule has 0 aromatic heterocycles. The van der Waals surface area contributed by atoms with Crippen molar-refractivity contribution in [2.24, 2.45) is 0 Å². The third-order valence-electron chi connectivity index (χ3n) is 4.62. The normalized spacial score (nSPS) is 19.1. The Kier molecular flexibility index (Phi) is 2.93. The molecule has 0 spiro atoms. The molecule has 3 aromatic carbocycles. The van der Waals surface area contributed by atoms with Crippen molar-refractivity contribution in [1.82, 2.24) is 0 Å². The SMILES string of the molecule is CC1(c2ccccc2)c2ccccc2-c2cccc(I)c21. The quantitative estimate of drug-likeness (QED) is 0.479. The van der Waals surface area contributed by atoms with Gasteiger partial charge in [-0.05, 0) is 63.4 Å². The van der Waals surface area contributed by atoms with E-state index in [1.165, 1.54) is 31.4 Å². The van der Waals surface area contributed by atoms with E-state index < -0.39 is 0 Å². The van der Waals surface area contributed by atoms with Crippen molar-refractivity contribution in [3.05, 3.63) is 93.1 Å². The molecule has 1 aliphatic carbocycles. The van der Waals surface area contributed by atoms with Crippen LogP contribution in [0.5, 0.6) is 0 Å². The van der Waals surface area contributed by atoms with Crippen molar-refractivity contribution in [2.75, 3.05) is 0 Å². The van der Waals surface area contributed by atoms with Crippen LogP contribution in [-0.4, -0.2) is 0 Å². The molecule has 0 heterocycles. The molecule has 102 valence electrons. The van der Waals surface area contributed by atoms with Gasteiger partial charge in [-0.3, -0.25) is 0 Å². The first-order valence-corrected chi connectivity index (χ1v) is 8.25. The zero-order valence-electron chi connectivity index (χ0n) is 11.8. The number of fused-ring (bicyclic) bond motifs is 3. The van der Waals surface area contributed by atoms with E-state index in [0.29, 0.717) is 0 Å². The standard InChI is InChI=1S/C20H15I/c1-20(14-8-3-2-4-9-14)17-12-6-5-10-15(17)16-11-7-13-18(21)19(16)20/h2-13H,1H3. The minimum atomic E-state index is -0.0645. The molecule has 0 nitrogen and oxygen atoms in total. The van der Waals surface area contributed by atoms with Crippen LogP contribution in [0.3, 0.4) is 0 Å². The number of rotatable bonds is 1. The average Bonchev–Trinajstić information content (AvgIpc) is 2.81. The van der Waals surface area contributed by atoms with Gasteiger partial charge in [-0.2, -0.15) is 0 Å². The number of benzene rings is 3. The highest BCUT2D eigenvalue weighted by Gasteiger charge is 2.41. The third kappa shape index (κ3) is 1.73. The lowest BCUT2D eigenvalue weighted by Gasteiger charge is -2.29. The summed E-state index contributed by atoms with van der Waals surface area (Å²) >= 11 is 2.48. The summed E-state index contributed by atoms with van der Waals surface area (Å²) in [6.45, 7) is 2.36. The minimum absolute atomic E-state index is 0.0645. The number of halogens is 1. The van der Waals surface area contributed by atoms with Gasteiger partial charge in [0.05, 0.1) is 0 Å². The van der Waals surface area contributed by atoms with E-state index in [1.807, 2.05) is 0 Å². The molecule has 0 bridgehead atoms. The van der Waals surface area contributed by atoms with Gasteiger partial charge in [0.1, 0.15) is 0 Å². The van der Waals surface area contributed by atoms with Crippen LogP contribution in [-0.2, 0) is 5.41 Å². The molecule has 1 aliphatic rings. The van der Waals surface area contributed by atoms with E-state index in [-0.39, 0.29) is 5.41 Å². The first kappa shape index (κ1) is 13.1. The van der Waals surface area contributed by atoms with Crippen molar-refractivity contribution in [2.45, 2.75) is 12.3 Å². The Morgan fingerprint density at radius 2 is 1.38 bits per heavy atom. The lowest BCUT2D eigenvalue weighted by molar-refractivity contribution is 0.710. The molecule has 0 N–H and O–H groups in total. The van der Waals surface area contributed by atoms with E-state index >= 15 is 0 Å². The number of hydrogen-bond donors (Lipinski definition) is 0. The molecule has 4 rings (SSSR count). The van der Waals surface area contributed by atoms with Crippen LogP contribution in [0.25, 0.3) is 11.1 Å². The van der Waals surface area contributed by atoms with Crippen molar-refractivity contribution < 1.29 is 0 Å². The van der Waals surface area contributed by atoms with Gasteiger partial charge in [0.25, 0.3) is 0 Å². The van der Waals surface area contributed by atoms with Crippen LogP contribution < -0.4 is 0 Å². The summed E-state index contributed by atoms with van der Waals surface area (Å²) in [7, 11) is 0. The van der Waals surface area contributed by atoms with Crippen molar-refractivity contribution in [3.8, 4) is 11.1 Å². The molecule has 0 saturated carbocycles. The highest BCUT2D eigenvalue weighted by Crippen LogP contribution is 2.53. The van der Waals surface area contributed by atoms with Gasteiger partial charge < -0.3 is 0 Å². The summed E-state index contributed by atoms with van der Waals surface area (Å²) in [5.74, 6) is 0. The fourth-order valence-electron chi connectivity index (χ4n) is 3.62. The van der Waals surface area contributed by atoms with Crippen LogP contribution in [0.15, 0.2) is 72.8 Å². The molecule has 0 amide bonds.